The molecule has 2 aliphatic heterocycles. The van der Waals surface area contributed by atoms with Crippen molar-refractivity contribution < 1.29 is 64.6 Å². The van der Waals surface area contributed by atoms with Crippen molar-refractivity contribution in [1.82, 2.24) is 5.32 Å². The van der Waals surface area contributed by atoms with Crippen LogP contribution in [0.4, 0.5) is 0 Å². The van der Waals surface area contributed by atoms with Crippen LogP contribution >= 0.6 is 0 Å². The topological polar surface area (TPSA) is 228 Å². The summed E-state index contributed by atoms with van der Waals surface area (Å²) in [5, 5.41) is 87.3. The van der Waals surface area contributed by atoms with Gasteiger partial charge in [-0.15, -0.1) is 0 Å². The van der Waals surface area contributed by atoms with E-state index < -0.39 is 86.8 Å². The van der Waals surface area contributed by atoms with Gasteiger partial charge in [0.15, 0.2) is 12.6 Å². The van der Waals surface area contributed by atoms with Gasteiger partial charge in [-0.1, -0.05) is 245 Å². The molecular formula is C71H119NO13. The second-order valence-electron chi connectivity index (χ2n) is 22.9. The number of rotatable bonds is 52. The van der Waals surface area contributed by atoms with Crippen LogP contribution in [-0.4, -0.2) is 140 Å². The number of carbonyl (C=O) groups is 1. The number of unbranched alkanes of at least 4 members (excludes halogenated alkanes) is 21. The van der Waals surface area contributed by atoms with Gasteiger partial charge in [-0.25, -0.2) is 0 Å². The minimum atomic E-state index is -1.80. The average Bonchev–Trinajstić information content (AvgIpc) is 3.68. The number of amides is 1. The normalized spacial score (nSPS) is 24.4. The standard InChI is InChI=1S/C71H119NO13/c1-3-5-7-9-11-13-15-17-19-21-23-25-26-27-28-29-30-31-32-33-34-35-37-39-41-43-45-47-49-51-53-55-63(76)72-59(60(75)54-52-50-48-46-44-42-40-38-36-24-22-20-18-16-14-12-10-8-6-4-2)58-82-70-68(81)66(79)69(62(57-74)84-70)85-71-67(80)65(78)64(77)61(56-73)83-71/h5,7,11,13,17,19,23,25,27-28,30-31,33-34,37,39,44,46,52,54,59-62,64-71,73-75,77-81H,3-4,6,8-10,12,14-16,18,20-22,24,26,29,32,35-36,38,40-43,45,47-51,53,55-58H2,1-2H3,(H,72,76)/b7-5-,13-11-,19-17-,25-23-,28-27-,31-30-,34-33-,39-37-,46-44+,54-52+. The molecule has 85 heavy (non-hydrogen) atoms. The molecule has 0 aromatic heterocycles. The Morgan fingerprint density at radius 1 is 0.435 bits per heavy atom. The first-order valence-corrected chi connectivity index (χ1v) is 33.3. The van der Waals surface area contributed by atoms with Crippen molar-refractivity contribution in [3.63, 3.8) is 0 Å². The van der Waals surface area contributed by atoms with Crippen molar-refractivity contribution >= 4 is 5.91 Å². The Bertz CT molecular complexity index is 1890. The van der Waals surface area contributed by atoms with Crippen molar-refractivity contribution in [1.29, 1.82) is 0 Å². The molecule has 0 bridgehead atoms. The van der Waals surface area contributed by atoms with Gasteiger partial charge in [-0.3, -0.25) is 4.79 Å². The van der Waals surface area contributed by atoms with E-state index in [0.29, 0.717) is 12.8 Å². The van der Waals surface area contributed by atoms with Gasteiger partial charge in [-0.05, 0) is 96.3 Å². The number of allylic oxidation sites excluding steroid dienone is 19. The molecule has 486 valence electrons. The summed E-state index contributed by atoms with van der Waals surface area (Å²) in [7, 11) is 0. The van der Waals surface area contributed by atoms with Gasteiger partial charge >= 0.3 is 0 Å². The van der Waals surface area contributed by atoms with E-state index in [0.717, 1.165) is 103 Å². The molecule has 0 aromatic rings. The lowest BCUT2D eigenvalue weighted by molar-refractivity contribution is -0.359. The van der Waals surface area contributed by atoms with Crippen molar-refractivity contribution in [3.05, 3.63) is 122 Å². The quantitative estimate of drug-likeness (QED) is 0.0204. The second kappa shape index (κ2) is 54.5. The second-order valence-corrected chi connectivity index (χ2v) is 22.9. The van der Waals surface area contributed by atoms with E-state index in [1.54, 1.807) is 6.08 Å². The zero-order chi connectivity index (χ0) is 61.6. The van der Waals surface area contributed by atoms with Crippen LogP contribution < -0.4 is 5.32 Å². The summed E-state index contributed by atoms with van der Waals surface area (Å²) in [5.74, 6) is -0.268. The maximum absolute atomic E-state index is 13.3. The Morgan fingerprint density at radius 3 is 1.29 bits per heavy atom. The number of aliphatic hydroxyl groups excluding tert-OH is 8. The van der Waals surface area contributed by atoms with E-state index in [2.05, 4.69) is 129 Å². The summed E-state index contributed by atoms with van der Waals surface area (Å²) in [5.41, 5.74) is 0. The highest BCUT2D eigenvalue weighted by Crippen LogP contribution is 2.30. The maximum Gasteiger partial charge on any atom is 0.220 e. The molecule has 12 unspecified atom stereocenters. The summed E-state index contributed by atoms with van der Waals surface area (Å²) in [6.07, 6.45) is 62.3. The third kappa shape index (κ3) is 39.1. The lowest BCUT2D eigenvalue weighted by Crippen LogP contribution is -2.65. The zero-order valence-corrected chi connectivity index (χ0v) is 52.6. The molecule has 0 saturated carbocycles. The Morgan fingerprint density at radius 2 is 0.824 bits per heavy atom. The fraction of sp³-hybridized carbons (Fsp3) is 0.704. The van der Waals surface area contributed by atoms with E-state index in [4.69, 9.17) is 18.9 Å². The van der Waals surface area contributed by atoms with E-state index in [1.807, 2.05) is 6.08 Å². The first-order valence-electron chi connectivity index (χ1n) is 33.3. The molecule has 2 heterocycles. The third-order valence-corrected chi connectivity index (χ3v) is 15.4. The van der Waals surface area contributed by atoms with Crippen LogP contribution in [0.2, 0.25) is 0 Å². The molecule has 2 fully saturated rings. The Kier molecular flexibility index (Phi) is 49.7. The Balaban J connectivity index is 1.73. The van der Waals surface area contributed by atoms with Gasteiger partial charge < -0.3 is 65.1 Å². The molecule has 14 heteroatoms. The largest absolute Gasteiger partial charge is 0.394 e. The fourth-order valence-electron chi connectivity index (χ4n) is 10.1. The summed E-state index contributed by atoms with van der Waals surface area (Å²) in [6, 6.07) is -0.950. The molecule has 14 nitrogen and oxygen atoms in total. The lowest BCUT2D eigenvalue weighted by Gasteiger charge is -2.46. The summed E-state index contributed by atoms with van der Waals surface area (Å²) in [6.45, 7) is 2.65. The van der Waals surface area contributed by atoms with Crippen molar-refractivity contribution in [2.75, 3.05) is 19.8 Å². The molecule has 1 amide bonds. The summed E-state index contributed by atoms with van der Waals surface area (Å²) in [4.78, 5) is 13.3. The van der Waals surface area contributed by atoms with Crippen LogP contribution in [0.15, 0.2) is 122 Å². The maximum atomic E-state index is 13.3. The SMILES string of the molecule is CC/C=C\C/C=C\C/C=C\C/C=C\C/C=C\C/C=C\C/C=C\C/C=C\CCCCCCCCC(=O)NC(COC1OC(CO)C(OC2OC(CO)C(O)C(O)C2O)C(O)C1O)C(O)/C=C/CC/C=C/CCCCCCCCCCCCCCCC. The van der Waals surface area contributed by atoms with Crippen LogP contribution in [0, 0.1) is 0 Å². The number of carbonyl (C=O) groups excluding carboxylic acids is 1. The molecule has 12 atom stereocenters. The predicted octanol–water partition coefficient (Wildman–Crippen LogP) is 12.9. The van der Waals surface area contributed by atoms with Gasteiger partial charge in [-0.2, -0.15) is 0 Å². The highest BCUT2D eigenvalue weighted by molar-refractivity contribution is 5.76. The van der Waals surface area contributed by atoms with Gasteiger partial charge in [0, 0.05) is 6.42 Å². The molecule has 2 rings (SSSR count). The van der Waals surface area contributed by atoms with Crippen molar-refractivity contribution in [2.24, 2.45) is 0 Å². The number of hydrogen-bond acceptors (Lipinski definition) is 13. The molecule has 2 saturated heterocycles. The van der Waals surface area contributed by atoms with E-state index in [1.165, 1.54) is 89.9 Å². The number of ether oxygens (including phenoxy) is 4. The number of nitrogens with one attached hydrogen (secondary N) is 1. The Hall–Kier alpha value is -3.61. The van der Waals surface area contributed by atoms with Gasteiger partial charge in [0.25, 0.3) is 0 Å². The summed E-state index contributed by atoms with van der Waals surface area (Å²) >= 11 is 0. The molecule has 0 radical (unpaired) electrons. The molecule has 0 aliphatic carbocycles. The summed E-state index contributed by atoms with van der Waals surface area (Å²) < 4.78 is 22.8. The van der Waals surface area contributed by atoms with Crippen molar-refractivity contribution in [2.45, 2.75) is 299 Å². The van der Waals surface area contributed by atoms with Gasteiger partial charge in [0.1, 0.15) is 48.8 Å². The predicted molar refractivity (Wildman–Crippen MR) is 345 cm³/mol. The van der Waals surface area contributed by atoms with Gasteiger partial charge in [0.2, 0.25) is 5.91 Å². The first kappa shape index (κ1) is 77.5. The minimum Gasteiger partial charge on any atom is -0.394 e. The van der Waals surface area contributed by atoms with E-state index >= 15 is 0 Å². The van der Waals surface area contributed by atoms with Crippen LogP contribution in [-0.2, 0) is 23.7 Å². The van der Waals surface area contributed by atoms with Crippen LogP contribution in [0.5, 0.6) is 0 Å². The molecule has 2 aliphatic rings. The highest BCUT2D eigenvalue weighted by atomic mass is 16.7. The lowest BCUT2D eigenvalue weighted by atomic mass is 9.97. The van der Waals surface area contributed by atoms with Gasteiger partial charge in [0.05, 0.1) is 32.0 Å². The first-order chi connectivity index (χ1) is 41.6. The zero-order valence-electron chi connectivity index (χ0n) is 52.6. The van der Waals surface area contributed by atoms with E-state index in [-0.39, 0.29) is 18.9 Å². The highest BCUT2D eigenvalue weighted by Gasteiger charge is 2.51. The molecule has 0 aromatic carbocycles. The van der Waals surface area contributed by atoms with Crippen LogP contribution in [0.25, 0.3) is 0 Å². The third-order valence-electron chi connectivity index (χ3n) is 15.4. The number of aliphatic hydroxyl groups is 8. The molecule has 9 N–H and O–H groups in total. The molecule has 0 spiro atoms. The fourth-order valence-corrected chi connectivity index (χ4v) is 10.1. The monoisotopic (exact) mass is 1190 g/mol. The van der Waals surface area contributed by atoms with Crippen LogP contribution in [0.1, 0.15) is 226 Å². The smallest absolute Gasteiger partial charge is 0.220 e. The average molecular weight is 1190 g/mol. The van der Waals surface area contributed by atoms with Crippen molar-refractivity contribution in [3.8, 4) is 0 Å². The van der Waals surface area contributed by atoms with Crippen LogP contribution in [0.3, 0.4) is 0 Å². The molecular weight excluding hydrogens is 1070 g/mol. The van der Waals surface area contributed by atoms with E-state index in [9.17, 15) is 45.6 Å². The Labute approximate surface area is 514 Å². The number of hydrogen-bond donors (Lipinski definition) is 9. The minimum absolute atomic E-state index is 0.248.